The molecule has 0 heterocycles. The number of halogens is 3. The van der Waals surface area contributed by atoms with Crippen LogP contribution in [0.5, 0.6) is 0 Å². The van der Waals surface area contributed by atoms with Gasteiger partial charge in [-0.25, -0.2) is 8.78 Å². The fourth-order valence-corrected chi connectivity index (χ4v) is 1.16. The zero-order valence-electron chi connectivity index (χ0n) is 9.70. The molecule has 6 heteroatoms. The predicted molar refractivity (Wildman–Crippen MR) is 62.6 cm³/mol. The second-order valence-corrected chi connectivity index (χ2v) is 5.01. The number of benzene rings is 1. The molecule has 0 saturated carbocycles. The van der Waals surface area contributed by atoms with E-state index in [0.29, 0.717) is 0 Å². The Morgan fingerprint density at radius 1 is 1.24 bits per heavy atom. The van der Waals surface area contributed by atoms with E-state index in [1.807, 2.05) is 0 Å². The molecule has 0 aliphatic heterocycles. The summed E-state index contributed by atoms with van der Waals surface area (Å²) in [4.78, 5) is 11.5. The molecular formula is C11H13ClF2N2O. The molecule has 2 N–H and O–H groups in total. The number of hydrogen-bond donors (Lipinski definition) is 2. The van der Waals surface area contributed by atoms with Crippen molar-refractivity contribution in [1.29, 1.82) is 0 Å². The van der Waals surface area contributed by atoms with Crippen LogP contribution in [0.15, 0.2) is 12.1 Å². The van der Waals surface area contributed by atoms with Crippen LogP contribution in [0.25, 0.3) is 0 Å². The molecule has 0 fully saturated rings. The van der Waals surface area contributed by atoms with Gasteiger partial charge in [-0.15, -0.1) is 0 Å². The monoisotopic (exact) mass is 262 g/mol. The molecule has 0 aliphatic carbocycles. The molecule has 94 valence electrons. The minimum atomic E-state index is -0.871. The molecule has 1 amide bonds. The maximum atomic E-state index is 13.3. The van der Waals surface area contributed by atoms with Gasteiger partial charge < -0.3 is 0 Å². The second kappa shape index (κ2) is 4.87. The molecule has 0 aromatic heterocycles. The number of rotatable bonds is 2. The van der Waals surface area contributed by atoms with Crippen LogP contribution >= 0.6 is 11.6 Å². The Balaban J connectivity index is 2.80. The van der Waals surface area contributed by atoms with Gasteiger partial charge in [-0.3, -0.25) is 15.6 Å². The molecule has 1 rings (SSSR count). The van der Waals surface area contributed by atoms with Gasteiger partial charge >= 0.3 is 0 Å². The molecule has 17 heavy (non-hydrogen) atoms. The highest BCUT2D eigenvalue weighted by atomic mass is 35.5. The van der Waals surface area contributed by atoms with E-state index < -0.39 is 22.7 Å². The first kappa shape index (κ1) is 13.7. The van der Waals surface area contributed by atoms with Crippen LogP contribution < -0.4 is 10.9 Å². The summed E-state index contributed by atoms with van der Waals surface area (Å²) < 4.78 is 26.6. The van der Waals surface area contributed by atoms with Gasteiger partial charge in [0.1, 0.15) is 5.69 Å². The van der Waals surface area contributed by atoms with Crippen LogP contribution in [0.1, 0.15) is 20.8 Å². The lowest BCUT2D eigenvalue weighted by Crippen LogP contribution is -2.38. The third-order valence-corrected chi connectivity index (χ3v) is 2.21. The van der Waals surface area contributed by atoms with Crippen LogP contribution in [0.2, 0.25) is 5.02 Å². The molecule has 0 atom stereocenters. The van der Waals surface area contributed by atoms with Gasteiger partial charge in [0.05, 0.1) is 0 Å². The topological polar surface area (TPSA) is 41.1 Å². The van der Waals surface area contributed by atoms with E-state index in [1.54, 1.807) is 20.8 Å². The van der Waals surface area contributed by atoms with Crippen LogP contribution in [0, 0.1) is 17.0 Å². The van der Waals surface area contributed by atoms with Crippen molar-refractivity contribution >= 4 is 23.2 Å². The Labute approximate surface area is 103 Å². The van der Waals surface area contributed by atoms with Gasteiger partial charge in [-0.1, -0.05) is 32.4 Å². The molecule has 0 radical (unpaired) electrons. The lowest BCUT2D eigenvalue weighted by atomic mass is 9.96. The average Bonchev–Trinajstić information content (AvgIpc) is 2.13. The highest BCUT2D eigenvalue weighted by molar-refractivity contribution is 6.30. The van der Waals surface area contributed by atoms with Gasteiger partial charge in [0.2, 0.25) is 5.91 Å². The predicted octanol–water partition coefficient (Wildman–Crippen LogP) is 3.11. The number of hydrazine groups is 1. The van der Waals surface area contributed by atoms with Gasteiger partial charge in [-0.2, -0.15) is 0 Å². The second-order valence-electron chi connectivity index (χ2n) is 4.57. The maximum Gasteiger partial charge on any atom is 0.243 e. The van der Waals surface area contributed by atoms with Crippen molar-refractivity contribution in [2.75, 3.05) is 5.43 Å². The van der Waals surface area contributed by atoms with Crippen LogP contribution in [0.3, 0.4) is 0 Å². The molecule has 0 unspecified atom stereocenters. The smallest absolute Gasteiger partial charge is 0.243 e. The van der Waals surface area contributed by atoms with Crippen molar-refractivity contribution in [3.05, 3.63) is 28.8 Å². The number of carbonyl (C=O) groups excluding carboxylic acids is 1. The van der Waals surface area contributed by atoms with Crippen LogP contribution in [-0.2, 0) is 4.79 Å². The first-order valence-electron chi connectivity index (χ1n) is 4.93. The molecule has 0 saturated heterocycles. The van der Waals surface area contributed by atoms with Crippen molar-refractivity contribution in [2.24, 2.45) is 5.41 Å². The Morgan fingerprint density at radius 3 is 2.12 bits per heavy atom. The molecule has 3 nitrogen and oxygen atoms in total. The summed E-state index contributed by atoms with van der Waals surface area (Å²) in [6, 6.07) is 1.91. The van der Waals surface area contributed by atoms with Crippen molar-refractivity contribution in [1.82, 2.24) is 5.43 Å². The van der Waals surface area contributed by atoms with E-state index in [1.165, 1.54) is 0 Å². The summed E-state index contributed by atoms with van der Waals surface area (Å²) in [5.41, 5.74) is 3.34. The summed E-state index contributed by atoms with van der Waals surface area (Å²) in [5, 5.41) is -0.0484. The van der Waals surface area contributed by atoms with Gasteiger partial charge in [0.15, 0.2) is 11.6 Å². The van der Waals surface area contributed by atoms with Gasteiger partial charge in [-0.05, 0) is 12.1 Å². The number of carbonyl (C=O) groups is 1. The van der Waals surface area contributed by atoms with Gasteiger partial charge in [0.25, 0.3) is 0 Å². The lowest BCUT2D eigenvalue weighted by Gasteiger charge is -2.19. The fraction of sp³-hybridized carbons (Fsp3) is 0.364. The number of hydrogen-bond acceptors (Lipinski definition) is 2. The Morgan fingerprint density at radius 2 is 1.71 bits per heavy atom. The molecule has 1 aromatic carbocycles. The largest absolute Gasteiger partial charge is 0.293 e. The van der Waals surface area contributed by atoms with E-state index in [2.05, 4.69) is 10.9 Å². The zero-order chi connectivity index (χ0) is 13.2. The first-order chi connectivity index (χ1) is 7.71. The maximum absolute atomic E-state index is 13.3. The summed E-state index contributed by atoms with van der Waals surface area (Å²) >= 11 is 5.46. The van der Waals surface area contributed by atoms with Crippen LogP contribution in [-0.4, -0.2) is 5.91 Å². The standard InChI is InChI=1S/C11H13ClF2N2O/c1-11(2,3)10(17)16-15-9-7(13)4-6(12)5-8(9)14/h4-5,15H,1-3H3,(H,16,17). The summed E-state index contributed by atoms with van der Waals surface area (Å²) in [6.07, 6.45) is 0. The molecular weight excluding hydrogens is 250 g/mol. The van der Waals surface area contributed by atoms with Crippen molar-refractivity contribution in [3.8, 4) is 0 Å². The molecule has 0 bridgehead atoms. The van der Waals surface area contributed by atoms with E-state index in [0.717, 1.165) is 12.1 Å². The minimum Gasteiger partial charge on any atom is -0.293 e. The number of nitrogens with one attached hydrogen (secondary N) is 2. The molecule has 0 aliphatic rings. The Kier molecular flexibility index (Phi) is 3.93. The normalized spacial score (nSPS) is 11.2. The molecule has 1 aromatic rings. The highest BCUT2D eigenvalue weighted by Crippen LogP contribution is 2.23. The summed E-state index contributed by atoms with van der Waals surface area (Å²) in [6.45, 7) is 5.04. The zero-order valence-corrected chi connectivity index (χ0v) is 10.5. The highest BCUT2D eigenvalue weighted by Gasteiger charge is 2.21. The van der Waals surface area contributed by atoms with E-state index in [9.17, 15) is 13.6 Å². The molecule has 0 spiro atoms. The lowest BCUT2D eigenvalue weighted by molar-refractivity contribution is -0.127. The third kappa shape index (κ3) is 3.56. The minimum absolute atomic E-state index is 0.0484. The van der Waals surface area contributed by atoms with Crippen molar-refractivity contribution in [2.45, 2.75) is 20.8 Å². The van der Waals surface area contributed by atoms with E-state index in [4.69, 9.17) is 11.6 Å². The Hall–Kier alpha value is -1.36. The van der Waals surface area contributed by atoms with Crippen molar-refractivity contribution in [3.63, 3.8) is 0 Å². The van der Waals surface area contributed by atoms with Crippen molar-refractivity contribution < 1.29 is 13.6 Å². The quantitative estimate of drug-likeness (QED) is 0.804. The Bertz CT molecular complexity index is 421. The third-order valence-electron chi connectivity index (χ3n) is 1.99. The van der Waals surface area contributed by atoms with E-state index in [-0.39, 0.29) is 10.9 Å². The first-order valence-corrected chi connectivity index (χ1v) is 5.30. The summed E-state index contributed by atoms with van der Waals surface area (Å²) in [7, 11) is 0. The number of anilines is 1. The average molecular weight is 263 g/mol. The summed E-state index contributed by atoms with van der Waals surface area (Å²) in [5.74, 6) is -2.13. The van der Waals surface area contributed by atoms with E-state index >= 15 is 0 Å². The van der Waals surface area contributed by atoms with Gasteiger partial charge in [0, 0.05) is 10.4 Å². The van der Waals surface area contributed by atoms with Crippen LogP contribution in [0.4, 0.5) is 14.5 Å². The SMILES string of the molecule is CC(C)(C)C(=O)NNc1c(F)cc(Cl)cc1F. The fourth-order valence-electron chi connectivity index (χ4n) is 0.968. The number of amides is 1.